The summed E-state index contributed by atoms with van der Waals surface area (Å²) in [4.78, 5) is 22.8. The van der Waals surface area contributed by atoms with Crippen LogP contribution in [0.3, 0.4) is 0 Å². The molecule has 1 saturated carbocycles. The van der Waals surface area contributed by atoms with Gasteiger partial charge in [-0.3, -0.25) is 4.79 Å². The van der Waals surface area contributed by atoms with Crippen molar-refractivity contribution in [2.75, 3.05) is 0 Å². The molecule has 5 nitrogen and oxygen atoms in total. The second kappa shape index (κ2) is 8.05. The number of aliphatic imine (C=N–C) groups is 1. The number of nitrogens with one attached hydrogen (secondary N) is 2. The average Bonchev–Trinajstić information content (AvgIpc) is 3.29. The van der Waals surface area contributed by atoms with Gasteiger partial charge in [-0.1, -0.05) is 48.3 Å². The number of hydroxylamine groups is 1. The number of benzene rings is 2. The van der Waals surface area contributed by atoms with Crippen molar-refractivity contribution in [3.05, 3.63) is 69.2 Å². The third kappa shape index (κ3) is 3.51. The minimum Gasteiger partial charge on any atom is -0.386 e. The van der Waals surface area contributed by atoms with E-state index in [4.69, 9.17) is 28.0 Å². The number of carbonyl (C=O) groups is 1. The van der Waals surface area contributed by atoms with E-state index in [1.165, 1.54) is 5.56 Å². The van der Waals surface area contributed by atoms with Crippen LogP contribution in [0.25, 0.3) is 0 Å². The molecule has 1 aliphatic carbocycles. The predicted molar refractivity (Wildman–Crippen MR) is 127 cm³/mol. The molecule has 7 heteroatoms. The van der Waals surface area contributed by atoms with E-state index in [2.05, 4.69) is 47.8 Å². The fourth-order valence-corrected chi connectivity index (χ4v) is 6.42. The van der Waals surface area contributed by atoms with Gasteiger partial charge in [0.25, 0.3) is 0 Å². The molecule has 5 rings (SSSR count). The number of fused-ring (bicyclic) bond motifs is 1. The summed E-state index contributed by atoms with van der Waals surface area (Å²) in [5, 5.41) is 4.62. The van der Waals surface area contributed by atoms with E-state index in [-0.39, 0.29) is 41.3 Å². The number of hydrogen-bond acceptors (Lipinski definition) is 4. The Labute approximate surface area is 198 Å². The Bertz CT molecular complexity index is 1090. The first kappa shape index (κ1) is 21.7. The topological polar surface area (TPSA) is 62.7 Å². The molecule has 3 aliphatic rings. The summed E-state index contributed by atoms with van der Waals surface area (Å²) in [5.41, 5.74) is 5.60. The summed E-state index contributed by atoms with van der Waals surface area (Å²) in [7, 11) is 0. The summed E-state index contributed by atoms with van der Waals surface area (Å²) < 4.78 is 0. The number of carbonyl (C=O) groups excluding carboxylic acids is 1. The lowest BCUT2D eigenvalue weighted by Gasteiger charge is -2.46. The highest BCUT2D eigenvalue weighted by molar-refractivity contribution is 6.32. The SMILES string of the molecule is CC1N=C(c2ccc([C@@H]3CC[C@@]4(C)C(=O)N[C@H](C)[C@H]4[C@H]3c3ccc(Cl)cc3)c(Cl)c2)ON1. The van der Waals surface area contributed by atoms with E-state index >= 15 is 0 Å². The van der Waals surface area contributed by atoms with Gasteiger partial charge in [0.05, 0.1) is 5.41 Å². The molecule has 2 aliphatic heterocycles. The molecule has 0 radical (unpaired) electrons. The molecule has 1 amide bonds. The van der Waals surface area contributed by atoms with Gasteiger partial charge in [-0.2, -0.15) is 0 Å². The minimum atomic E-state index is -0.388. The molecule has 2 fully saturated rings. The molecule has 0 spiro atoms. The van der Waals surface area contributed by atoms with Crippen molar-refractivity contribution in [3.63, 3.8) is 0 Å². The standard InChI is InChI=1S/C25H27Cl2N3O2/c1-13-22-21(15-4-7-17(26)8-5-15)19(10-11-25(22,3)24(31)28-13)18-9-6-16(12-20(18)27)23-29-14(2)30-32-23/h4-9,12-14,19,21-22,30H,10-11H2,1-3H3,(H,28,31)/t13-,14?,19+,21+,22+,25-/m1/s1. The minimum absolute atomic E-state index is 0.0809. The second-order valence-electron chi connectivity index (χ2n) is 9.49. The number of amides is 1. The number of halogens is 2. The van der Waals surface area contributed by atoms with E-state index in [0.29, 0.717) is 15.9 Å². The summed E-state index contributed by atoms with van der Waals surface area (Å²) in [5.74, 6) is 1.21. The summed E-state index contributed by atoms with van der Waals surface area (Å²) in [6, 6.07) is 14.2. The van der Waals surface area contributed by atoms with Crippen molar-refractivity contribution in [1.82, 2.24) is 10.8 Å². The Morgan fingerprint density at radius 2 is 1.88 bits per heavy atom. The van der Waals surface area contributed by atoms with E-state index in [1.807, 2.05) is 31.2 Å². The Morgan fingerprint density at radius 3 is 2.53 bits per heavy atom. The van der Waals surface area contributed by atoms with E-state index in [9.17, 15) is 4.79 Å². The van der Waals surface area contributed by atoms with Crippen LogP contribution >= 0.6 is 23.2 Å². The van der Waals surface area contributed by atoms with Crippen molar-refractivity contribution in [2.24, 2.45) is 16.3 Å². The van der Waals surface area contributed by atoms with Crippen LogP contribution in [0.4, 0.5) is 0 Å². The monoisotopic (exact) mass is 471 g/mol. The van der Waals surface area contributed by atoms with Gasteiger partial charge in [-0.05, 0) is 73.9 Å². The van der Waals surface area contributed by atoms with Gasteiger partial charge in [0, 0.05) is 27.6 Å². The molecule has 168 valence electrons. The summed E-state index contributed by atoms with van der Waals surface area (Å²) in [6.07, 6.45) is 1.63. The molecule has 6 atom stereocenters. The third-order valence-corrected chi connectivity index (χ3v) is 8.07. The van der Waals surface area contributed by atoms with Crippen molar-refractivity contribution >= 4 is 35.0 Å². The van der Waals surface area contributed by atoms with Crippen LogP contribution in [0.15, 0.2) is 47.5 Å². The third-order valence-electron chi connectivity index (χ3n) is 7.49. The highest BCUT2D eigenvalue weighted by Gasteiger charge is 2.57. The molecule has 2 aromatic carbocycles. The van der Waals surface area contributed by atoms with Gasteiger partial charge in [-0.25, -0.2) is 4.99 Å². The number of nitrogens with zero attached hydrogens (tertiary/aromatic N) is 1. The zero-order valence-electron chi connectivity index (χ0n) is 18.4. The Kier molecular flexibility index (Phi) is 5.47. The zero-order chi connectivity index (χ0) is 22.6. The maximum atomic E-state index is 12.9. The van der Waals surface area contributed by atoms with Crippen molar-refractivity contribution in [3.8, 4) is 0 Å². The van der Waals surface area contributed by atoms with E-state index < -0.39 is 0 Å². The highest BCUT2D eigenvalue weighted by Crippen LogP contribution is 2.59. The van der Waals surface area contributed by atoms with Crippen LogP contribution in [0.1, 0.15) is 62.1 Å². The van der Waals surface area contributed by atoms with E-state index in [0.717, 1.165) is 24.0 Å². The Hall–Kier alpha value is -2.08. The maximum absolute atomic E-state index is 12.9. The molecule has 2 aromatic rings. The van der Waals surface area contributed by atoms with Crippen LogP contribution in [-0.2, 0) is 9.63 Å². The highest BCUT2D eigenvalue weighted by atomic mass is 35.5. The van der Waals surface area contributed by atoms with Gasteiger partial charge >= 0.3 is 0 Å². The lowest BCUT2D eigenvalue weighted by Crippen LogP contribution is -2.42. The summed E-state index contributed by atoms with van der Waals surface area (Å²) >= 11 is 13.1. The fourth-order valence-electron chi connectivity index (χ4n) is 5.97. The van der Waals surface area contributed by atoms with Crippen LogP contribution in [0.5, 0.6) is 0 Å². The molecular weight excluding hydrogens is 445 g/mol. The largest absolute Gasteiger partial charge is 0.386 e. The number of hydrogen-bond donors (Lipinski definition) is 2. The Balaban J connectivity index is 1.57. The first-order valence-electron chi connectivity index (χ1n) is 11.1. The van der Waals surface area contributed by atoms with E-state index in [1.54, 1.807) is 0 Å². The Morgan fingerprint density at radius 1 is 1.12 bits per heavy atom. The van der Waals surface area contributed by atoms with Crippen LogP contribution in [0.2, 0.25) is 10.0 Å². The molecule has 2 N–H and O–H groups in total. The molecule has 1 unspecified atom stereocenters. The van der Waals surface area contributed by atoms with Crippen LogP contribution < -0.4 is 10.8 Å². The lowest BCUT2D eigenvalue weighted by molar-refractivity contribution is -0.129. The van der Waals surface area contributed by atoms with Crippen molar-refractivity contribution in [1.29, 1.82) is 0 Å². The van der Waals surface area contributed by atoms with Gasteiger partial charge < -0.3 is 10.2 Å². The van der Waals surface area contributed by atoms with Gasteiger partial charge in [-0.15, -0.1) is 5.48 Å². The average molecular weight is 472 g/mol. The first-order chi connectivity index (χ1) is 15.3. The lowest BCUT2D eigenvalue weighted by atomic mass is 9.56. The first-order valence-corrected chi connectivity index (χ1v) is 11.9. The normalized spacial score (nSPS) is 34.0. The van der Waals surface area contributed by atoms with Gasteiger partial charge in [0.2, 0.25) is 11.8 Å². The molecule has 2 heterocycles. The second-order valence-corrected chi connectivity index (χ2v) is 10.3. The maximum Gasteiger partial charge on any atom is 0.242 e. The smallest absolute Gasteiger partial charge is 0.242 e. The van der Waals surface area contributed by atoms with Gasteiger partial charge in [0.15, 0.2) is 0 Å². The van der Waals surface area contributed by atoms with Crippen molar-refractivity contribution in [2.45, 2.75) is 57.7 Å². The van der Waals surface area contributed by atoms with Gasteiger partial charge in [0.1, 0.15) is 6.17 Å². The quantitative estimate of drug-likeness (QED) is 0.627. The molecule has 1 saturated heterocycles. The molecular formula is C25H27Cl2N3O2. The van der Waals surface area contributed by atoms with Crippen LogP contribution in [0, 0.1) is 11.3 Å². The fraction of sp³-hybridized carbons (Fsp3) is 0.440. The van der Waals surface area contributed by atoms with Crippen LogP contribution in [-0.4, -0.2) is 24.0 Å². The predicted octanol–water partition coefficient (Wildman–Crippen LogP) is 5.42. The molecule has 0 aromatic heterocycles. The summed E-state index contributed by atoms with van der Waals surface area (Å²) in [6.45, 7) is 6.16. The van der Waals surface area contributed by atoms with Crippen molar-refractivity contribution < 1.29 is 9.63 Å². The zero-order valence-corrected chi connectivity index (χ0v) is 19.9. The molecule has 32 heavy (non-hydrogen) atoms. The molecule has 0 bridgehead atoms. The number of rotatable bonds is 3.